The first-order valence-electron chi connectivity index (χ1n) is 6.41. The van der Waals surface area contributed by atoms with Crippen molar-refractivity contribution >= 4 is 27.6 Å². The van der Waals surface area contributed by atoms with Crippen molar-refractivity contribution in [2.45, 2.75) is 24.9 Å². The summed E-state index contributed by atoms with van der Waals surface area (Å²) in [5.74, 6) is -0.0889. The van der Waals surface area contributed by atoms with E-state index < -0.39 is 16.9 Å². The van der Waals surface area contributed by atoms with Gasteiger partial charge in [0, 0.05) is 16.6 Å². The van der Waals surface area contributed by atoms with Gasteiger partial charge in [-0.05, 0) is 18.9 Å². The van der Waals surface area contributed by atoms with Crippen LogP contribution in [0.4, 0.5) is 5.69 Å². The molecule has 1 aromatic rings. The minimum Gasteiger partial charge on any atom is -0.491 e. The number of nitrogens with zero attached hydrogens (tertiary/aromatic N) is 1. The number of halogens is 1. The van der Waals surface area contributed by atoms with Crippen molar-refractivity contribution in [1.82, 2.24) is 5.32 Å². The number of ether oxygens (including phenoxy) is 2. The molecular formula is C13H15BrN2O5. The molecule has 0 heterocycles. The molecule has 0 bridgehead atoms. The topological polar surface area (TPSA) is 90.7 Å². The van der Waals surface area contributed by atoms with E-state index in [1.165, 1.54) is 19.2 Å². The van der Waals surface area contributed by atoms with Crippen LogP contribution in [0.3, 0.4) is 0 Å². The van der Waals surface area contributed by atoms with Crippen LogP contribution in [0, 0.1) is 10.1 Å². The van der Waals surface area contributed by atoms with Gasteiger partial charge >= 0.3 is 5.97 Å². The normalized spacial score (nSPS) is 15.3. The lowest BCUT2D eigenvalue weighted by Crippen LogP contribution is -2.43. The number of hydrogen-bond donors (Lipinski definition) is 1. The van der Waals surface area contributed by atoms with Gasteiger partial charge in [-0.3, -0.25) is 20.2 Å². The standard InChI is InChI=1S/C13H15BrN2O5/c1-20-13(17)12(15-9-2-3-9)7-21-11-5-8(14)4-10(6-11)16(18)19/h4-6,9,12,15H,2-3,7H2,1H3. The molecule has 7 nitrogen and oxygen atoms in total. The van der Waals surface area contributed by atoms with Gasteiger partial charge in [-0.2, -0.15) is 0 Å². The zero-order valence-electron chi connectivity index (χ0n) is 11.4. The number of carbonyl (C=O) groups excluding carboxylic acids is 1. The Morgan fingerprint density at radius 1 is 1.52 bits per heavy atom. The minimum atomic E-state index is -0.583. The Balaban J connectivity index is 2.02. The number of nitro groups is 1. The van der Waals surface area contributed by atoms with Crippen LogP contribution in [0.1, 0.15) is 12.8 Å². The Bertz CT molecular complexity index is 547. The number of rotatable bonds is 7. The fourth-order valence-electron chi connectivity index (χ4n) is 1.78. The highest BCUT2D eigenvalue weighted by molar-refractivity contribution is 9.10. The Labute approximate surface area is 129 Å². The Hall–Kier alpha value is -1.67. The third-order valence-corrected chi connectivity index (χ3v) is 3.44. The maximum absolute atomic E-state index is 11.7. The van der Waals surface area contributed by atoms with Crippen molar-refractivity contribution < 1.29 is 19.2 Å². The molecule has 8 heteroatoms. The van der Waals surface area contributed by atoms with Crippen LogP contribution in [-0.2, 0) is 9.53 Å². The summed E-state index contributed by atoms with van der Waals surface area (Å²) in [5, 5.41) is 13.9. The second-order valence-electron chi connectivity index (χ2n) is 4.73. The van der Waals surface area contributed by atoms with E-state index in [2.05, 4.69) is 21.2 Å². The second kappa shape index (κ2) is 6.86. The van der Waals surface area contributed by atoms with Gasteiger partial charge in [-0.25, -0.2) is 0 Å². The Kier molecular flexibility index (Phi) is 5.13. The van der Waals surface area contributed by atoms with Crippen LogP contribution < -0.4 is 10.1 Å². The van der Waals surface area contributed by atoms with Crippen molar-refractivity contribution in [1.29, 1.82) is 0 Å². The molecule has 114 valence electrons. The van der Waals surface area contributed by atoms with E-state index in [0.29, 0.717) is 16.3 Å². The van der Waals surface area contributed by atoms with E-state index in [4.69, 9.17) is 9.47 Å². The maximum atomic E-state index is 11.7. The van der Waals surface area contributed by atoms with E-state index in [1.807, 2.05) is 0 Å². The largest absolute Gasteiger partial charge is 0.491 e. The molecule has 1 aromatic carbocycles. The first-order valence-corrected chi connectivity index (χ1v) is 7.20. The molecule has 2 rings (SSSR count). The van der Waals surface area contributed by atoms with Gasteiger partial charge in [-0.1, -0.05) is 15.9 Å². The van der Waals surface area contributed by atoms with Crippen LogP contribution in [0.25, 0.3) is 0 Å². The molecular weight excluding hydrogens is 344 g/mol. The molecule has 0 spiro atoms. The molecule has 0 aromatic heterocycles. The summed E-state index contributed by atoms with van der Waals surface area (Å²) >= 11 is 3.19. The minimum absolute atomic E-state index is 0.0524. The summed E-state index contributed by atoms with van der Waals surface area (Å²) in [5.41, 5.74) is -0.0795. The Morgan fingerprint density at radius 2 is 2.24 bits per heavy atom. The third kappa shape index (κ3) is 4.68. The summed E-state index contributed by atoms with van der Waals surface area (Å²) in [4.78, 5) is 21.9. The van der Waals surface area contributed by atoms with Gasteiger partial charge in [-0.15, -0.1) is 0 Å². The van der Waals surface area contributed by atoms with Crippen molar-refractivity contribution in [2.24, 2.45) is 0 Å². The van der Waals surface area contributed by atoms with Crippen molar-refractivity contribution in [3.05, 3.63) is 32.8 Å². The monoisotopic (exact) mass is 358 g/mol. The zero-order chi connectivity index (χ0) is 15.4. The number of nitrogens with one attached hydrogen (secondary N) is 1. The van der Waals surface area contributed by atoms with E-state index in [1.54, 1.807) is 6.07 Å². The molecule has 0 amide bonds. The van der Waals surface area contributed by atoms with Crippen LogP contribution in [0.15, 0.2) is 22.7 Å². The first kappa shape index (κ1) is 15.7. The summed E-state index contributed by atoms with van der Waals surface area (Å²) in [6.07, 6.45) is 2.05. The highest BCUT2D eigenvalue weighted by Gasteiger charge is 2.29. The lowest BCUT2D eigenvalue weighted by atomic mass is 10.3. The van der Waals surface area contributed by atoms with Gasteiger partial charge < -0.3 is 9.47 Å². The fraction of sp³-hybridized carbons (Fsp3) is 0.462. The molecule has 1 N–H and O–H groups in total. The molecule has 1 atom stereocenters. The number of esters is 1. The van der Waals surface area contributed by atoms with E-state index in [-0.39, 0.29) is 12.3 Å². The number of hydrogen-bond acceptors (Lipinski definition) is 6. The molecule has 1 unspecified atom stereocenters. The maximum Gasteiger partial charge on any atom is 0.326 e. The number of carbonyl (C=O) groups is 1. The number of non-ortho nitro benzene ring substituents is 1. The highest BCUT2D eigenvalue weighted by Crippen LogP contribution is 2.26. The predicted octanol–water partition coefficient (Wildman–Crippen LogP) is 2.03. The van der Waals surface area contributed by atoms with Crippen LogP contribution in [0.2, 0.25) is 0 Å². The molecule has 1 aliphatic carbocycles. The van der Waals surface area contributed by atoms with Gasteiger partial charge in [0.05, 0.1) is 18.1 Å². The number of nitro benzene ring substituents is 1. The van der Waals surface area contributed by atoms with Gasteiger partial charge in [0.25, 0.3) is 5.69 Å². The van der Waals surface area contributed by atoms with Crippen LogP contribution in [0.5, 0.6) is 5.75 Å². The highest BCUT2D eigenvalue weighted by atomic mass is 79.9. The molecule has 0 radical (unpaired) electrons. The molecule has 0 aliphatic heterocycles. The molecule has 1 fully saturated rings. The van der Waals surface area contributed by atoms with Gasteiger partial charge in [0.15, 0.2) is 0 Å². The zero-order valence-corrected chi connectivity index (χ0v) is 13.0. The van der Waals surface area contributed by atoms with E-state index in [9.17, 15) is 14.9 Å². The lowest BCUT2D eigenvalue weighted by molar-refractivity contribution is -0.385. The smallest absolute Gasteiger partial charge is 0.326 e. The molecule has 1 aliphatic rings. The number of methoxy groups -OCH3 is 1. The third-order valence-electron chi connectivity index (χ3n) is 2.98. The summed E-state index contributed by atoms with van der Waals surface area (Å²) in [6.45, 7) is 0.0524. The lowest BCUT2D eigenvalue weighted by Gasteiger charge is -2.17. The van der Waals surface area contributed by atoms with E-state index >= 15 is 0 Å². The first-order chi connectivity index (χ1) is 9.99. The van der Waals surface area contributed by atoms with Crippen LogP contribution in [-0.4, -0.2) is 36.7 Å². The SMILES string of the molecule is COC(=O)C(COc1cc(Br)cc([N+](=O)[O-])c1)NC1CC1. The summed E-state index contributed by atoms with van der Waals surface area (Å²) in [7, 11) is 1.31. The van der Waals surface area contributed by atoms with Gasteiger partial charge in [0.1, 0.15) is 18.4 Å². The molecule has 0 saturated heterocycles. The van der Waals surface area contributed by atoms with Crippen molar-refractivity contribution in [3.63, 3.8) is 0 Å². The average Bonchev–Trinajstić information content (AvgIpc) is 3.25. The summed E-state index contributed by atoms with van der Waals surface area (Å²) in [6, 6.07) is 4.04. The number of benzene rings is 1. The van der Waals surface area contributed by atoms with Crippen LogP contribution >= 0.6 is 15.9 Å². The van der Waals surface area contributed by atoms with Gasteiger partial charge in [0.2, 0.25) is 0 Å². The average molecular weight is 359 g/mol. The predicted molar refractivity (Wildman–Crippen MR) is 78.3 cm³/mol. The molecule has 1 saturated carbocycles. The second-order valence-corrected chi connectivity index (χ2v) is 5.65. The summed E-state index contributed by atoms with van der Waals surface area (Å²) < 4.78 is 10.7. The van der Waals surface area contributed by atoms with E-state index in [0.717, 1.165) is 12.8 Å². The van der Waals surface area contributed by atoms with Crippen molar-refractivity contribution in [3.8, 4) is 5.75 Å². The van der Waals surface area contributed by atoms with Crippen molar-refractivity contribution in [2.75, 3.05) is 13.7 Å². The molecule has 21 heavy (non-hydrogen) atoms. The fourth-order valence-corrected chi connectivity index (χ4v) is 2.24. The quantitative estimate of drug-likeness (QED) is 0.455. The Morgan fingerprint density at radius 3 is 2.81 bits per heavy atom.